The quantitative estimate of drug-likeness (QED) is 0.772. The minimum absolute atomic E-state index is 0.193. The van der Waals surface area contributed by atoms with Crippen molar-refractivity contribution >= 4 is 23.2 Å². The molecule has 1 amide bonds. The summed E-state index contributed by atoms with van der Waals surface area (Å²) in [6.45, 7) is 2.00. The predicted octanol–water partition coefficient (Wildman–Crippen LogP) is 3.63. The van der Waals surface area contributed by atoms with Crippen LogP contribution >= 0.6 is 0 Å². The first-order chi connectivity index (χ1) is 9.13. The number of amides is 1. The molecule has 0 aromatic heterocycles. The number of anilines is 1. The van der Waals surface area contributed by atoms with Crippen LogP contribution < -0.4 is 5.32 Å². The summed E-state index contributed by atoms with van der Waals surface area (Å²) in [5, 5.41) is 2.73. The maximum absolute atomic E-state index is 13.3. The number of hydrogen-bond donors (Lipinski definition) is 1. The Morgan fingerprint density at radius 1 is 1.11 bits per heavy atom. The van der Waals surface area contributed by atoms with Crippen molar-refractivity contribution in [1.82, 2.24) is 0 Å². The zero-order valence-corrected chi connectivity index (χ0v) is 10.4. The van der Waals surface area contributed by atoms with Gasteiger partial charge >= 0.3 is 0 Å². The lowest BCUT2D eigenvalue weighted by Crippen LogP contribution is -2.03. The molecule has 0 atom stereocenters. The van der Waals surface area contributed by atoms with Gasteiger partial charge in [0.15, 0.2) is 0 Å². The van der Waals surface area contributed by atoms with Gasteiger partial charge in [-0.05, 0) is 36.8 Å². The van der Waals surface area contributed by atoms with E-state index in [1.165, 1.54) is 12.1 Å². The number of carbonyl (C=O) groups is 1. The number of hydrogen-bond acceptors (Lipinski definition) is 1. The molecule has 1 heterocycles. The maximum atomic E-state index is 13.3. The Hall–Kier alpha value is -2.42. The summed E-state index contributed by atoms with van der Waals surface area (Å²) in [4.78, 5) is 11.9. The fraction of sp³-hybridized carbons (Fsp3) is 0.0625. The van der Waals surface area contributed by atoms with Gasteiger partial charge < -0.3 is 5.32 Å². The van der Waals surface area contributed by atoms with Gasteiger partial charge in [-0.15, -0.1) is 0 Å². The van der Waals surface area contributed by atoms with Gasteiger partial charge in [0.05, 0.1) is 0 Å². The summed E-state index contributed by atoms with van der Waals surface area (Å²) in [5.74, 6) is -0.536. The van der Waals surface area contributed by atoms with Crippen molar-refractivity contribution in [3.63, 3.8) is 0 Å². The van der Waals surface area contributed by atoms with E-state index in [1.54, 1.807) is 12.1 Å². The zero-order valence-electron chi connectivity index (χ0n) is 10.4. The smallest absolute Gasteiger partial charge is 0.256 e. The molecule has 2 nitrogen and oxygen atoms in total. The van der Waals surface area contributed by atoms with Crippen LogP contribution in [0.15, 0.2) is 42.5 Å². The van der Waals surface area contributed by atoms with Gasteiger partial charge in [-0.1, -0.05) is 29.8 Å². The largest absolute Gasteiger partial charge is 0.321 e. The van der Waals surface area contributed by atoms with E-state index >= 15 is 0 Å². The summed E-state index contributed by atoms with van der Waals surface area (Å²) >= 11 is 0. The number of aryl methyl sites for hydroxylation is 1. The molecule has 3 heteroatoms. The molecule has 2 aromatic carbocycles. The molecular weight excluding hydrogens is 241 g/mol. The summed E-state index contributed by atoms with van der Waals surface area (Å²) in [6, 6.07) is 12.1. The Labute approximate surface area is 110 Å². The van der Waals surface area contributed by atoms with Crippen molar-refractivity contribution in [2.75, 3.05) is 5.32 Å². The van der Waals surface area contributed by atoms with E-state index in [0.29, 0.717) is 16.8 Å². The molecule has 1 N–H and O–H groups in total. The molecule has 19 heavy (non-hydrogen) atoms. The lowest BCUT2D eigenvalue weighted by Gasteiger charge is -1.99. The highest BCUT2D eigenvalue weighted by atomic mass is 19.1. The van der Waals surface area contributed by atoms with Crippen LogP contribution in [-0.4, -0.2) is 5.91 Å². The summed E-state index contributed by atoms with van der Waals surface area (Å²) < 4.78 is 13.3. The van der Waals surface area contributed by atoms with Crippen molar-refractivity contribution in [1.29, 1.82) is 0 Å². The Kier molecular flexibility index (Phi) is 2.67. The third-order valence-electron chi connectivity index (χ3n) is 3.15. The Bertz CT molecular complexity index is 686. The van der Waals surface area contributed by atoms with E-state index in [4.69, 9.17) is 0 Å². The molecule has 94 valence electrons. The molecule has 0 saturated heterocycles. The Morgan fingerprint density at radius 3 is 2.58 bits per heavy atom. The molecule has 0 bridgehead atoms. The first kappa shape index (κ1) is 11.7. The van der Waals surface area contributed by atoms with Crippen molar-refractivity contribution in [3.05, 3.63) is 65.0 Å². The van der Waals surface area contributed by atoms with E-state index < -0.39 is 0 Å². The van der Waals surface area contributed by atoms with Gasteiger partial charge in [0.2, 0.25) is 0 Å². The van der Waals surface area contributed by atoms with Crippen LogP contribution in [0, 0.1) is 12.7 Å². The van der Waals surface area contributed by atoms with Gasteiger partial charge in [0, 0.05) is 16.8 Å². The molecule has 0 fully saturated rings. The lowest BCUT2D eigenvalue weighted by molar-refractivity contribution is -0.110. The molecule has 0 spiro atoms. The number of nitrogens with one attached hydrogen (secondary N) is 1. The molecule has 0 aliphatic carbocycles. The topological polar surface area (TPSA) is 29.1 Å². The van der Waals surface area contributed by atoms with Crippen LogP contribution in [0.3, 0.4) is 0 Å². The average Bonchev–Trinajstić information content (AvgIpc) is 2.69. The average molecular weight is 253 g/mol. The molecule has 1 aliphatic rings. The molecule has 0 unspecified atom stereocenters. The second kappa shape index (κ2) is 4.35. The number of halogens is 1. The first-order valence-electron chi connectivity index (χ1n) is 6.03. The summed E-state index contributed by atoms with van der Waals surface area (Å²) in [6.07, 6.45) is 1.78. The highest BCUT2D eigenvalue weighted by Gasteiger charge is 2.24. The van der Waals surface area contributed by atoms with E-state index in [2.05, 4.69) is 5.32 Å². The second-order valence-corrected chi connectivity index (χ2v) is 4.61. The van der Waals surface area contributed by atoms with Crippen molar-refractivity contribution in [2.24, 2.45) is 0 Å². The monoisotopic (exact) mass is 253 g/mol. The SMILES string of the molecule is Cc1ccc(C=C2C(=O)Nc3ccc(F)cc32)cc1. The van der Waals surface area contributed by atoms with Crippen molar-refractivity contribution in [3.8, 4) is 0 Å². The molecular formula is C16H12FNO. The third kappa shape index (κ3) is 2.15. The summed E-state index contributed by atoms with van der Waals surface area (Å²) in [7, 11) is 0. The van der Waals surface area contributed by atoms with Crippen LogP contribution in [0.5, 0.6) is 0 Å². The molecule has 0 saturated carbocycles. The van der Waals surface area contributed by atoms with Crippen molar-refractivity contribution in [2.45, 2.75) is 6.92 Å². The fourth-order valence-electron chi connectivity index (χ4n) is 2.13. The predicted molar refractivity (Wildman–Crippen MR) is 74.1 cm³/mol. The van der Waals surface area contributed by atoms with Crippen LogP contribution in [0.25, 0.3) is 11.6 Å². The third-order valence-corrected chi connectivity index (χ3v) is 3.15. The molecule has 3 rings (SSSR count). The van der Waals surface area contributed by atoms with E-state index in [1.807, 2.05) is 31.2 Å². The second-order valence-electron chi connectivity index (χ2n) is 4.61. The lowest BCUT2D eigenvalue weighted by atomic mass is 10.0. The minimum Gasteiger partial charge on any atom is -0.321 e. The van der Waals surface area contributed by atoms with Crippen LogP contribution in [0.4, 0.5) is 10.1 Å². The van der Waals surface area contributed by atoms with Crippen LogP contribution in [-0.2, 0) is 4.79 Å². The maximum Gasteiger partial charge on any atom is 0.256 e. The van der Waals surface area contributed by atoms with Gasteiger partial charge in [0.1, 0.15) is 5.82 Å². The number of rotatable bonds is 1. The van der Waals surface area contributed by atoms with Gasteiger partial charge in [0.25, 0.3) is 5.91 Å². The van der Waals surface area contributed by atoms with Crippen LogP contribution in [0.1, 0.15) is 16.7 Å². The fourth-order valence-corrected chi connectivity index (χ4v) is 2.13. The Morgan fingerprint density at radius 2 is 1.84 bits per heavy atom. The van der Waals surface area contributed by atoms with E-state index in [9.17, 15) is 9.18 Å². The molecule has 2 aromatic rings. The highest BCUT2D eigenvalue weighted by Crippen LogP contribution is 2.33. The minimum atomic E-state index is -0.343. The van der Waals surface area contributed by atoms with Gasteiger partial charge in [-0.3, -0.25) is 4.79 Å². The van der Waals surface area contributed by atoms with E-state index in [-0.39, 0.29) is 11.7 Å². The first-order valence-corrected chi connectivity index (χ1v) is 6.03. The summed E-state index contributed by atoms with van der Waals surface area (Å²) in [5.41, 5.74) is 3.85. The number of fused-ring (bicyclic) bond motifs is 1. The van der Waals surface area contributed by atoms with Crippen LogP contribution in [0.2, 0.25) is 0 Å². The highest BCUT2D eigenvalue weighted by molar-refractivity contribution is 6.34. The normalized spacial score (nSPS) is 15.5. The van der Waals surface area contributed by atoms with Gasteiger partial charge in [-0.2, -0.15) is 0 Å². The van der Waals surface area contributed by atoms with Crippen molar-refractivity contribution < 1.29 is 9.18 Å². The standard InChI is InChI=1S/C16H12FNO/c1-10-2-4-11(5-3-10)8-14-13-9-12(17)6-7-15(13)18-16(14)19/h2-9H,1H3,(H,18,19). The van der Waals surface area contributed by atoms with E-state index in [0.717, 1.165) is 11.1 Å². The molecule has 0 radical (unpaired) electrons. The number of benzene rings is 2. The van der Waals surface area contributed by atoms with Gasteiger partial charge in [-0.25, -0.2) is 4.39 Å². The Balaban J connectivity index is 2.08. The molecule has 1 aliphatic heterocycles. The number of carbonyl (C=O) groups excluding carboxylic acids is 1. The zero-order chi connectivity index (χ0) is 13.4.